The molecule has 15 heavy (non-hydrogen) atoms. The van der Waals surface area contributed by atoms with Crippen molar-refractivity contribution in [1.29, 1.82) is 0 Å². The zero-order valence-corrected chi connectivity index (χ0v) is 8.78. The van der Waals surface area contributed by atoms with Crippen LogP contribution in [0.2, 0.25) is 0 Å². The Morgan fingerprint density at radius 3 is 2.87 bits per heavy atom. The van der Waals surface area contributed by atoms with Crippen molar-refractivity contribution in [3.63, 3.8) is 0 Å². The molecule has 3 nitrogen and oxygen atoms in total. The summed E-state index contributed by atoms with van der Waals surface area (Å²) in [6, 6.07) is 3.81. The van der Waals surface area contributed by atoms with Crippen LogP contribution in [0.5, 0.6) is 0 Å². The standard InChI is InChI=1S/C10H10FNO2S/c11-9-5-4-8(3-1-2-6-15)7-10(9)12(13)14/h1,3-5,7,15H,2,6H2. The first-order valence-corrected chi connectivity index (χ1v) is 4.99. The molecule has 5 heteroatoms. The van der Waals surface area contributed by atoms with Crippen LogP contribution in [0, 0.1) is 15.9 Å². The number of halogens is 1. The van der Waals surface area contributed by atoms with Crippen LogP contribution in [0.3, 0.4) is 0 Å². The molecule has 0 heterocycles. The lowest BCUT2D eigenvalue weighted by Gasteiger charge is -1.96. The molecule has 0 aliphatic rings. The second-order valence-electron chi connectivity index (χ2n) is 2.88. The molecular weight excluding hydrogens is 217 g/mol. The van der Waals surface area contributed by atoms with Crippen LogP contribution in [0.4, 0.5) is 10.1 Å². The smallest absolute Gasteiger partial charge is 0.258 e. The molecule has 0 N–H and O–H groups in total. The summed E-state index contributed by atoms with van der Waals surface area (Å²) in [5.41, 5.74) is 0.118. The van der Waals surface area contributed by atoms with E-state index in [0.717, 1.165) is 12.5 Å². The van der Waals surface area contributed by atoms with Gasteiger partial charge >= 0.3 is 5.69 Å². The van der Waals surface area contributed by atoms with Crippen molar-refractivity contribution in [1.82, 2.24) is 0 Å². The molecule has 1 aromatic carbocycles. The SMILES string of the molecule is O=[N+]([O-])c1cc(C=CCCS)ccc1F. The second kappa shape index (κ2) is 5.50. The van der Waals surface area contributed by atoms with Gasteiger partial charge in [-0.15, -0.1) is 0 Å². The number of thiol groups is 1. The van der Waals surface area contributed by atoms with E-state index >= 15 is 0 Å². The monoisotopic (exact) mass is 227 g/mol. The Morgan fingerprint density at radius 2 is 2.27 bits per heavy atom. The third kappa shape index (κ3) is 3.36. The molecule has 0 aromatic heterocycles. The van der Waals surface area contributed by atoms with E-state index in [1.54, 1.807) is 6.08 Å². The van der Waals surface area contributed by atoms with Gasteiger partial charge in [-0.25, -0.2) is 0 Å². The molecule has 0 bridgehead atoms. The fourth-order valence-corrected chi connectivity index (χ4v) is 1.22. The number of rotatable bonds is 4. The van der Waals surface area contributed by atoms with Crippen LogP contribution in [0.25, 0.3) is 6.08 Å². The molecule has 0 fully saturated rings. The first kappa shape index (κ1) is 11.7. The van der Waals surface area contributed by atoms with Gasteiger partial charge in [0, 0.05) is 6.07 Å². The minimum absolute atomic E-state index is 0.497. The molecule has 0 saturated carbocycles. The van der Waals surface area contributed by atoms with Gasteiger partial charge in [0.15, 0.2) is 0 Å². The van der Waals surface area contributed by atoms with Crippen LogP contribution in [-0.2, 0) is 0 Å². The first-order chi connectivity index (χ1) is 7.15. The van der Waals surface area contributed by atoms with Crippen LogP contribution in [-0.4, -0.2) is 10.7 Å². The van der Waals surface area contributed by atoms with Crippen LogP contribution in [0.1, 0.15) is 12.0 Å². The summed E-state index contributed by atoms with van der Waals surface area (Å²) in [5.74, 6) is -0.105. The van der Waals surface area contributed by atoms with Gasteiger partial charge in [-0.2, -0.15) is 17.0 Å². The maximum Gasteiger partial charge on any atom is 0.305 e. The maximum absolute atomic E-state index is 12.9. The molecule has 1 aromatic rings. The van der Waals surface area contributed by atoms with E-state index in [1.165, 1.54) is 12.1 Å². The Bertz CT molecular complexity index is 393. The first-order valence-electron chi connectivity index (χ1n) is 4.36. The molecule has 0 atom stereocenters. The predicted octanol–water partition coefficient (Wildman–Crippen LogP) is 3.07. The van der Waals surface area contributed by atoms with Crippen LogP contribution >= 0.6 is 12.6 Å². The number of nitro groups is 1. The molecule has 0 amide bonds. The van der Waals surface area contributed by atoms with Gasteiger partial charge in [-0.1, -0.05) is 18.2 Å². The molecule has 0 spiro atoms. The zero-order chi connectivity index (χ0) is 11.3. The highest BCUT2D eigenvalue weighted by Gasteiger charge is 2.12. The van der Waals surface area contributed by atoms with Crippen molar-refractivity contribution in [3.8, 4) is 0 Å². The lowest BCUT2D eigenvalue weighted by Crippen LogP contribution is -1.92. The summed E-state index contributed by atoms with van der Waals surface area (Å²) < 4.78 is 12.9. The van der Waals surface area contributed by atoms with Crippen molar-refractivity contribution < 1.29 is 9.31 Å². The Morgan fingerprint density at radius 1 is 1.53 bits per heavy atom. The summed E-state index contributed by atoms with van der Waals surface area (Å²) in [4.78, 5) is 9.70. The average molecular weight is 227 g/mol. The molecule has 0 unspecified atom stereocenters. The maximum atomic E-state index is 12.9. The highest BCUT2D eigenvalue weighted by Crippen LogP contribution is 2.19. The van der Waals surface area contributed by atoms with Gasteiger partial charge in [0.1, 0.15) is 0 Å². The number of nitro benzene ring substituents is 1. The highest BCUT2D eigenvalue weighted by atomic mass is 32.1. The minimum atomic E-state index is -0.814. The molecule has 1 rings (SSSR count). The third-order valence-corrected chi connectivity index (χ3v) is 2.03. The van der Waals surface area contributed by atoms with E-state index in [-0.39, 0.29) is 0 Å². The summed E-state index contributed by atoms with van der Waals surface area (Å²) in [6.07, 6.45) is 4.32. The van der Waals surface area contributed by atoms with Crippen molar-refractivity contribution in [2.45, 2.75) is 6.42 Å². The minimum Gasteiger partial charge on any atom is -0.258 e. The Hall–Kier alpha value is -1.36. The van der Waals surface area contributed by atoms with E-state index in [1.807, 2.05) is 6.08 Å². The Kier molecular flexibility index (Phi) is 4.30. The van der Waals surface area contributed by atoms with E-state index in [0.29, 0.717) is 11.3 Å². The highest BCUT2D eigenvalue weighted by molar-refractivity contribution is 7.80. The number of nitrogens with zero attached hydrogens (tertiary/aromatic N) is 1. The van der Waals surface area contributed by atoms with Crippen molar-refractivity contribution in [2.24, 2.45) is 0 Å². The van der Waals surface area contributed by atoms with Gasteiger partial charge in [0.2, 0.25) is 5.82 Å². The van der Waals surface area contributed by atoms with E-state index in [4.69, 9.17) is 0 Å². The number of hydrogen-bond acceptors (Lipinski definition) is 3. The number of hydrogen-bond donors (Lipinski definition) is 1. The quantitative estimate of drug-likeness (QED) is 0.488. The van der Waals surface area contributed by atoms with E-state index in [9.17, 15) is 14.5 Å². The van der Waals surface area contributed by atoms with Gasteiger partial charge in [0.25, 0.3) is 0 Å². The molecule has 0 aliphatic heterocycles. The zero-order valence-electron chi connectivity index (χ0n) is 7.89. The lowest BCUT2D eigenvalue weighted by molar-refractivity contribution is -0.387. The summed E-state index contributed by atoms with van der Waals surface area (Å²) >= 11 is 4.02. The average Bonchev–Trinajstić information content (AvgIpc) is 2.20. The Balaban J connectivity index is 2.92. The number of allylic oxidation sites excluding steroid dienone is 1. The second-order valence-corrected chi connectivity index (χ2v) is 3.33. The van der Waals surface area contributed by atoms with Crippen LogP contribution in [0.15, 0.2) is 24.3 Å². The Labute approximate surface area is 92.2 Å². The van der Waals surface area contributed by atoms with Gasteiger partial charge in [0.05, 0.1) is 4.92 Å². The predicted molar refractivity (Wildman–Crippen MR) is 60.6 cm³/mol. The van der Waals surface area contributed by atoms with E-state index in [2.05, 4.69) is 12.6 Å². The summed E-state index contributed by atoms with van der Waals surface area (Å²) in [5, 5.41) is 10.4. The molecular formula is C10H10FNO2S. The topological polar surface area (TPSA) is 43.1 Å². The molecule has 0 aliphatic carbocycles. The van der Waals surface area contributed by atoms with Crippen molar-refractivity contribution >= 4 is 24.4 Å². The normalized spacial score (nSPS) is 10.8. The lowest BCUT2D eigenvalue weighted by atomic mass is 10.2. The third-order valence-electron chi connectivity index (χ3n) is 1.77. The van der Waals surface area contributed by atoms with Gasteiger partial charge in [-0.05, 0) is 23.8 Å². The van der Waals surface area contributed by atoms with Gasteiger partial charge < -0.3 is 0 Å². The largest absolute Gasteiger partial charge is 0.305 e. The fraction of sp³-hybridized carbons (Fsp3) is 0.200. The van der Waals surface area contributed by atoms with Crippen molar-refractivity contribution in [2.75, 3.05) is 5.75 Å². The van der Waals surface area contributed by atoms with E-state index < -0.39 is 16.4 Å². The number of benzene rings is 1. The van der Waals surface area contributed by atoms with Gasteiger partial charge in [-0.3, -0.25) is 10.1 Å². The molecule has 0 saturated heterocycles. The summed E-state index contributed by atoms with van der Waals surface area (Å²) in [6.45, 7) is 0. The van der Waals surface area contributed by atoms with Crippen molar-refractivity contribution in [3.05, 3.63) is 45.8 Å². The van der Waals surface area contributed by atoms with Crippen LogP contribution < -0.4 is 0 Å². The fourth-order valence-electron chi connectivity index (χ4n) is 1.07. The molecule has 0 radical (unpaired) electrons. The molecule has 80 valence electrons. The summed E-state index contributed by atoms with van der Waals surface area (Å²) in [7, 11) is 0.